The van der Waals surface area contributed by atoms with Crippen molar-refractivity contribution in [3.63, 3.8) is 0 Å². The van der Waals surface area contributed by atoms with Crippen molar-refractivity contribution in [3.05, 3.63) is 59.3 Å². The number of fused-ring (bicyclic) bond motifs is 1. The van der Waals surface area contributed by atoms with Crippen LogP contribution in [0.5, 0.6) is 0 Å². The topological polar surface area (TPSA) is 30.2 Å². The van der Waals surface area contributed by atoms with Crippen molar-refractivity contribution in [1.29, 1.82) is 0 Å². The number of furan rings is 1. The van der Waals surface area contributed by atoms with Crippen LogP contribution in [0.4, 0.5) is 0 Å². The van der Waals surface area contributed by atoms with Crippen LogP contribution in [0.3, 0.4) is 0 Å². The minimum atomic E-state index is -0.103. The number of benzene rings is 2. The van der Waals surface area contributed by atoms with Crippen LogP contribution in [-0.2, 0) is 0 Å². The molecule has 3 rings (SSSR count). The number of Topliss-reactive ketones (excluding diaryl/α,β-unsaturated/α-hetero) is 1. The number of rotatable bonds is 2. The van der Waals surface area contributed by atoms with Crippen molar-refractivity contribution < 1.29 is 9.21 Å². The zero-order valence-corrected chi connectivity index (χ0v) is 11.1. The summed E-state index contributed by atoms with van der Waals surface area (Å²) in [5, 5.41) is 1.36. The summed E-state index contributed by atoms with van der Waals surface area (Å²) >= 11 is 6.23. The van der Waals surface area contributed by atoms with Gasteiger partial charge in [-0.1, -0.05) is 41.9 Å². The van der Waals surface area contributed by atoms with Crippen molar-refractivity contribution in [2.24, 2.45) is 0 Å². The van der Waals surface area contributed by atoms with Crippen molar-refractivity contribution in [2.45, 2.75) is 6.92 Å². The molecule has 0 fully saturated rings. The number of carbonyl (C=O) groups is 1. The Hall–Kier alpha value is -2.06. The molecular formula is C16H11ClO2. The minimum Gasteiger partial charge on any atom is -0.451 e. The predicted octanol–water partition coefficient (Wildman–Crippen LogP) is 4.96. The molecule has 1 heterocycles. The molecule has 0 aliphatic carbocycles. The van der Waals surface area contributed by atoms with Gasteiger partial charge in [-0.3, -0.25) is 4.79 Å². The SMILES string of the molecule is CC(=O)c1cc2cc(-c3ccccc3)cc(Cl)c2o1. The molecule has 2 aromatic carbocycles. The lowest BCUT2D eigenvalue weighted by Gasteiger charge is -2.02. The maximum absolute atomic E-state index is 11.3. The van der Waals surface area contributed by atoms with E-state index in [9.17, 15) is 4.79 Å². The third-order valence-corrected chi connectivity index (χ3v) is 3.31. The molecule has 0 amide bonds. The van der Waals surface area contributed by atoms with Crippen molar-refractivity contribution >= 4 is 28.4 Å². The first-order valence-corrected chi connectivity index (χ1v) is 6.32. The van der Waals surface area contributed by atoms with Crippen LogP contribution in [-0.4, -0.2) is 5.78 Å². The number of carbonyl (C=O) groups excluding carboxylic acids is 1. The first kappa shape index (κ1) is 12.0. The van der Waals surface area contributed by atoms with E-state index in [0.29, 0.717) is 16.4 Å². The molecule has 2 nitrogen and oxygen atoms in total. The summed E-state index contributed by atoms with van der Waals surface area (Å²) in [5.41, 5.74) is 2.65. The molecule has 0 spiro atoms. The normalized spacial score (nSPS) is 10.8. The fraction of sp³-hybridized carbons (Fsp3) is 0.0625. The van der Waals surface area contributed by atoms with Crippen molar-refractivity contribution in [3.8, 4) is 11.1 Å². The second-order valence-electron chi connectivity index (χ2n) is 4.41. The van der Waals surface area contributed by atoms with Gasteiger partial charge in [0, 0.05) is 12.3 Å². The molecule has 0 aliphatic rings. The van der Waals surface area contributed by atoms with E-state index in [1.807, 2.05) is 42.5 Å². The van der Waals surface area contributed by atoms with E-state index in [2.05, 4.69) is 0 Å². The standard InChI is InChI=1S/C16H11ClO2/c1-10(18)15-9-13-7-12(8-14(17)16(13)19-15)11-5-3-2-4-6-11/h2-9H,1H3. The van der Waals surface area contributed by atoms with Gasteiger partial charge in [-0.15, -0.1) is 0 Å². The third kappa shape index (κ3) is 2.15. The van der Waals surface area contributed by atoms with Crippen LogP contribution < -0.4 is 0 Å². The van der Waals surface area contributed by atoms with Gasteiger partial charge in [0.25, 0.3) is 0 Å². The molecule has 0 aliphatic heterocycles. The average molecular weight is 271 g/mol. The van der Waals surface area contributed by atoms with Gasteiger partial charge in [-0.25, -0.2) is 0 Å². The average Bonchev–Trinajstić information content (AvgIpc) is 2.84. The van der Waals surface area contributed by atoms with Gasteiger partial charge in [-0.05, 0) is 29.3 Å². The Morgan fingerprint density at radius 2 is 1.79 bits per heavy atom. The molecule has 0 atom stereocenters. The number of halogens is 1. The zero-order chi connectivity index (χ0) is 13.4. The van der Waals surface area contributed by atoms with E-state index in [4.69, 9.17) is 16.0 Å². The van der Waals surface area contributed by atoms with Gasteiger partial charge >= 0.3 is 0 Å². The maximum Gasteiger partial charge on any atom is 0.194 e. The Bertz CT molecular complexity index is 757. The lowest BCUT2D eigenvalue weighted by molar-refractivity contribution is 0.0989. The summed E-state index contributed by atoms with van der Waals surface area (Å²) in [7, 11) is 0. The fourth-order valence-electron chi connectivity index (χ4n) is 2.08. The lowest BCUT2D eigenvalue weighted by Crippen LogP contribution is -1.85. The van der Waals surface area contributed by atoms with Crippen LogP contribution in [0, 0.1) is 0 Å². The largest absolute Gasteiger partial charge is 0.451 e. The molecule has 94 valence electrons. The van der Waals surface area contributed by atoms with E-state index < -0.39 is 0 Å². The summed E-state index contributed by atoms with van der Waals surface area (Å²) in [5.74, 6) is 0.232. The van der Waals surface area contributed by atoms with Crippen LogP contribution in [0.2, 0.25) is 5.02 Å². The first-order valence-electron chi connectivity index (χ1n) is 5.94. The Morgan fingerprint density at radius 1 is 1.05 bits per heavy atom. The fourth-order valence-corrected chi connectivity index (χ4v) is 2.35. The second-order valence-corrected chi connectivity index (χ2v) is 4.82. The van der Waals surface area contributed by atoms with Crippen molar-refractivity contribution in [1.82, 2.24) is 0 Å². The van der Waals surface area contributed by atoms with Gasteiger partial charge < -0.3 is 4.42 Å². The number of hydrogen-bond acceptors (Lipinski definition) is 2. The summed E-state index contributed by atoms with van der Waals surface area (Å²) in [6, 6.07) is 15.5. The molecule has 0 bridgehead atoms. The molecule has 3 heteroatoms. The molecule has 0 saturated carbocycles. The van der Waals surface area contributed by atoms with Gasteiger partial charge in [0.15, 0.2) is 17.1 Å². The van der Waals surface area contributed by atoms with Crippen LogP contribution in [0.25, 0.3) is 22.1 Å². The molecular weight excluding hydrogens is 260 g/mol. The van der Waals surface area contributed by atoms with E-state index >= 15 is 0 Å². The summed E-state index contributed by atoms with van der Waals surface area (Å²) < 4.78 is 5.47. The third-order valence-electron chi connectivity index (χ3n) is 3.03. The molecule has 0 N–H and O–H groups in total. The quantitative estimate of drug-likeness (QED) is 0.616. The van der Waals surface area contributed by atoms with E-state index in [0.717, 1.165) is 16.5 Å². The minimum absolute atomic E-state index is 0.103. The zero-order valence-electron chi connectivity index (χ0n) is 10.3. The highest BCUT2D eigenvalue weighted by atomic mass is 35.5. The van der Waals surface area contributed by atoms with Gasteiger partial charge in [0.2, 0.25) is 0 Å². The Kier molecular flexibility index (Phi) is 2.88. The Labute approximate surface area is 115 Å². The second kappa shape index (κ2) is 4.56. The molecule has 3 aromatic rings. The number of hydrogen-bond donors (Lipinski definition) is 0. The molecule has 0 saturated heterocycles. The molecule has 0 unspecified atom stereocenters. The van der Waals surface area contributed by atoms with Crippen LogP contribution >= 0.6 is 11.6 Å². The van der Waals surface area contributed by atoms with Crippen molar-refractivity contribution in [2.75, 3.05) is 0 Å². The Balaban J connectivity index is 2.22. The van der Waals surface area contributed by atoms with E-state index in [1.165, 1.54) is 6.92 Å². The summed E-state index contributed by atoms with van der Waals surface area (Å²) in [6.07, 6.45) is 0. The highest BCUT2D eigenvalue weighted by Crippen LogP contribution is 2.32. The summed E-state index contributed by atoms with van der Waals surface area (Å²) in [6.45, 7) is 1.48. The van der Waals surface area contributed by atoms with E-state index in [1.54, 1.807) is 6.07 Å². The maximum atomic E-state index is 11.3. The molecule has 0 radical (unpaired) electrons. The first-order chi connectivity index (χ1) is 9.15. The lowest BCUT2D eigenvalue weighted by atomic mass is 10.0. The predicted molar refractivity (Wildman–Crippen MR) is 76.7 cm³/mol. The highest BCUT2D eigenvalue weighted by molar-refractivity contribution is 6.35. The summed E-state index contributed by atoms with van der Waals surface area (Å²) in [4.78, 5) is 11.3. The van der Waals surface area contributed by atoms with Crippen LogP contribution in [0.15, 0.2) is 52.9 Å². The monoisotopic (exact) mass is 270 g/mol. The smallest absolute Gasteiger partial charge is 0.194 e. The van der Waals surface area contributed by atoms with Gasteiger partial charge in [0.1, 0.15) is 0 Å². The highest BCUT2D eigenvalue weighted by Gasteiger charge is 2.12. The molecule has 19 heavy (non-hydrogen) atoms. The van der Waals surface area contributed by atoms with Gasteiger partial charge in [-0.2, -0.15) is 0 Å². The number of ketones is 1. The van der Waals surface area contributed by atoms with Crippen LogP contribution in [0.1, 0.15) is 17.5 Å². The molecule has 1 aromatic heterocycles. The van der Waals surface area contributed by atoms with Gasteiger partial charge in [0.05, 0.1) is 5.02 Å². The Morgan fingerprint density at radius 3 is 2.47 bits per heavy atom. The van der Waals surface area contributed by atoms with E-state index in [-0.39, 0.29) is 5.78 Å².